The summed E-state index contributed by atoms with van der Waals surface area (Å²) in [5.41, 5.74) is -0.413. The summed E-state index contributed by atoms with van der Waals surface area (Å²) in [5, 5.41) is 22.5. The monoisotopic (exact) mass is 320 g/mol. The Labute approximate surface area is 130 Å². The summed E-state index contributed by atoms with van der Waals surface area (Å²) in [7, 11) is 0. The van der Waals surface area contributed by atoms with Crippen LogP contribution in [0.25, 0.3) is 0 Å². The maximum absolute atomic E-state index is 13.3. The molecule has 0 radical (unpaired) electrons. The van der Waals surface area contributed by atoms with Crippen LogP contribution in [0.5, 0.6) is 11.5 Å². The van der Waals surface area contributed by atoms with Crippen LogP contribution in [-0.4, -0.2) is 29.1 Å². The number of nitro groups is 1. The van der Waals surface area contributed by atoms with Gasteiger partial charge in [-0.15, -0.1) is 0 Å². The van der Waals surface area contributed by atoms with Crippen molar-refractivity contribution in [2.24, 2.45) is 0 Å². The average molecular weight is 320 g/mol. The van der Waals surface area contributed by atoms with Crippen molar-refractivity contribution in [3.8, 4) is 11.5 Å². The van der Waals surface area contributed by atoms with Gasteiger partial charge in [-0.2, -0.15) is 0 Å². The quantitative estimate of drug-likeness (QED) is 0.483. The van der Waals surface area contributed by atoms with Crippen molar-refractivity contribution in [2.75, 3.05) is 13.2 Å². The normalized spacial score (nSPS) is 10.1. The van der Waals surface area contributed by atoms with Crippen LogP contribution >= 0.6 is 0 Å². The van der Waals surface area contributed by atoms with Crippen LogP contribution in [0.3, 0.4) is 0 Å². The van der Waals surface area contributed by atoms with Gasteiger partial charge >= 0.3 is 5.69 Å². The first-order chi connectivity index (χ1) is 11.0. The summed E-state index contributed by atoms with van der Waals surface area (Å²) >= 11 is 0. The van der Waals surface area contributed by atoms with Gasteiger partial charge < -0.3 is 15.2 Å². The minimum Gasteiger partial charge on any atom is -0.502 e. The van der Waals surface area contributed by atoms with Crippen molar-refractivity contribution >= 4 is 11.6 Å². The minimum atomic E-state index is -0.751. The van der Waals surface area contributed by atoms with Gasteiger partial charge in [-0.05, 0) is 24.3 Å². The van der Waals surface area contributed by atoms with Gasteiger partial charge in [-0.1, -0.05) is 12.1 Å². The van der Waals surface area contributed by atoms with E-state index in [2.05, 4.69) is 5.32 Å². The molecule has 0 aliphatic rings. The second-order valence-electron chi connectivity index (χ2n) is 4.50. The van der Waals surface area contributed by atoms with Gasteiger partial charge in [-0.3, -0.25) is 14.9 Å². The Hall–Kier alpha value is -3.16. The molecule has 0 aliphatic carbocycles. The van der Waals surface area contributed by atoms with Crippen LogP contribution in [-0.2, 0) is 0 Å². The van der Waals surface area contributed by atoms with E-state index in [-0.39, 0.29) is 24.5 Å². The highest BCUT2D eigenvalue weighted by atomic mass is 19.1. The lowest BCUT2D eigenvalue weighted by molar-refractivity contribution is -0.385. The van der Waals surface area contributed by atoms with Crippen LogP contribution in [0.2, 0.25) is 0 Å². The van der Waals surface area contributed by atoms with Crippen molar-refractivity contribution in [1.29, 1.82) is 0 Å². The Morgan fingerprint density at radius 3 is 2.70 bits per heavy atom. The molecular formula is C15H13FN2O5. The number of rotatable bonds is 6. The van der Waals surface area contributed by atoms with Gasteiger partial charge in [0.2, 0.25) is 0 Å². The minimum absolute atomic E-state index is 0.0473. The molecule has 23 heavy (non-hydrogen) atoms. The molecule has 0 saturated heterocycles. The molecular weight excluding hydrogens is 307 g/mol. The average Bonchev–Trinajstić information content (AvgIpc) is 2.52. The van der Waals surface area contributed by atoms with Crippen molar-refractivity contribution < 1.29 is 24.0 Å². The third-order valence-corrected chi connectivity index (χ3v) is 2.92. The zero-order valence-corrected chi connectivity index (χ0v) is 11.9. The number of nitrogens with one attached hydrogen (secondary N) is 1. The smallest absolute Gasteiger partial charge is 0.310 e. The van der Waals surface area contributed by atoms with Crippen molar-refractivity contribution in [1.82, 2.24) is 5.32 Å². The molecule has 0 bridgehead atoms. The van der Waals surface area contributed by atoms with Gasteiger partial charge in [0.25, 0.3) is 5.91 Å². The molecule has 0 unspecified atom stereocenters. The van der Waals surface area contributed by atoms with Crippen LogP contribution in [0.15, 0.2) is 42.5 Å². The summed E-state index contributed by atoms with van der Waals surface area (Å²) in [6, 6.07) is 9.15. The number of carbonyl (C=O) groups is 1. The molecule has 0 spiro atoms. The highest BCUT2D eigenvalue weighted by Crippen LogP contribution is 2.26. The fourth-order valence-electron chi connectivity index (χ4n) is 1.81. The molecule has 0 fully saturated rings. The fourth-order valence-corrected chi connectivity index (χ4v) is 1.81. The number of ether oxygens (including phenoxy) is 1. The molecule has 120 valence electrons. The zero-order chi connectivity index (χ0) is 16.8. The Morgan fingerprint density at radius 1 is 1.30 bits per heavy atom. The third-order valence-electron chi connectivity index (χ3n) is 2.92. The lowest BCUT2D eigenvalue weighted by atomic mass is 10.2. The standard InChI is InChI=1S/C15H13FN2O5/c16-11-3-1-2-4-14(11)23-8-7-17-15(20)10-5-6-12(18(21)22)13(19)9-10/h1-6,9,19H,7-8H2,(H,17,20). The van der Waals surface area contributed by atoms with Crippen LogP contribution in [0, 0.1) is 15.9 Å². The Bertz CT molecular complexity index is 736. The predicted octanol–water partition coefficient (Wildman–Crippen LogP) is 2.25. The molecule has 2 aromatic carbocycles. The Balaban J connectivity index is 1.87. The van der Waals surface area contributed by atoms with Crippen LogP contribution in [0.1, 0.15) is 10.4 Å². The first-order valence-electron chi connectivity index (χ1n) is 6.62. The zero-order valence-electron chi connectivity index (χ0n) is 11.9. The Kier molecular flexibility index (Phi) is 5.08. The number of phenolic OH excluding ortho intramolecular Hbond substituents is 1. The summed E-state index contributed by atoms with van der Waals surface area (Å²) in [4.78, 5) is 21.7. The second-order valence-corrected chi connectivity index (χ2v) is 4.50. The molecule has 1 amide bonds. The van der Waals surface area contributed by atoms with Gasteiger partial charge in [0.05, 0.1) is 11.5 Å². The number of aromatic hydroxyl groups is 1. The summed E-state index contributed by atoms with van der Waals surface area (Å²) in [6.07, 6.45) is 0. The van der Waals surface area contributed by atoms with Crippen molar-refractivity contribution in [3.05, 3.63) is 64.0 Å². The Morgan fingerprint density at radius 2 is 2.04 bits per heavy atom. The van der Waals surface area contributed by atoms with Gasteiger partial charge in [0.15, 0.2) is 17.3 Å². The molecule has 2 rings (SSSR count). The number of carbonyl (C=O) groups excluding carboxylic acids is 1. The van der Waals surface area contributed by atoms with Crippen molar-refractivity contribution in [2.45, 2.75) is 0 Å². The highest BCUT2D eigenvalue weighted by Gasteiger charge is 2.15. The molecule has 0 aliphatic heterocycles. The first kappa shape index (κ1) is 16.2. The molecule has 0 atom stereocenters. The van der Waals surface area contributed by atoms with Crippen LogP contribution in [0.4, 0.5) is 10.1 Å². The molecule has 0 heterocycles. The van der Waals surface area contributed by atoms with E-state index in [1.807, 2.05) is 0 Å². The molecule has 8 heteroatoms. The van der Waals surface area contributed by atoms with Gasteiger partial charge in [0.1, 0.15) is 6.61 Å². The van der Waals surface area contributed by atoms with Gasteiger partial charge in [-0.25, -0.2) is 4.39 Å². The number of hydrogen-bond acceptors (Lipinski definition) is 5. The van der Waals surface area contributed by atoms with E-state index >= 15 is 0 Å². The highest BCUT2D eigenvalue weighted by molar-refractivity contribution is 5.95. The van der Waals surface area contributed by atoms with E-state index in [1.54, 1.807) is 6.07 Å². The third kappa shape index (κ3) is 4.16. The number of phenols is 1. The van der Waals surface area contributed by atoms with E-state index < -0.39 is 28.1 Å². The first-order valence-corrected chi connectivity index (χ1v) is 6.62. The predicted molar refractivity (Wildman–Crippen MR) is 79.0 cm³/mol. The van der Waals surface area contributed by atoms with E-state index in [0.717, 1.165) is 12.1 Å². The van der Waals surface area contributed by atoms with E-state index in [9.17, 15) is 24.4 Å². The maximum Gasteiger partial charge on any atom is 0.310 e. The topological polar surface area (TPSA) is 102 Å². The number of para-hydroxylation sites is 1. The van der Waals surface area contributed by atoms with E-state index in [1.165, 1.54) is 24.3 Å². The number of hydrogen-bond donors (Lipinski definition) is 2. The SMILES string of the molecule is O=C(NCCOc1ccccc1F)c1ccc([N+](=O)[O-])c(O)c1. The lowest BCUT2D eigenvalue weighted by Gasteiger charge is -2.08. The number of nitrogens with zero attached hydrogens (tertiary/aromatic N) is 1. The van der Waals surface area contributed by atoms with Crippen LogP contribution < -0.4 is 10.1 Å². The van der Waals surface area contributed by atoms with Crippen molar-refractivity contribution in [3.63, 3.8) is 0 Å². The number of halogens is 1. The number of benzene rings is 2. The second kappa shape index (κ2) is 7.21. The number of amides is 1. The maximum atomic E-state index is 13.3. The van der Waals surface area contributed by atoms with Gasteiger partial charge in [0, 0.05) is 11.6 Å². The fraction of sp³-hybridized carbons (Fsp3) is 0.133. The lowest BCUT2D eigenvalue weighted by Crippen LogP contribution is -2.28. The molecule has 2 aromatic rings. The molecule has 2 N–H and O–H groups in total. The summed E-state index contributed by atoms with van der Waals surface area (Å²) < 4.78 is 18.5. The summed E-state index contributed by atoms with van der Waals surface area (Å²) in [5.74, 6) is -1.55. The van der Waals surface area contributed by atoms with E-state index in [4.69, 9.17) is 4.74 Å². The molecule has 0 saturated carbocycles. The number of nitro benzene ring substituents is 1. The van der Waals surface area contributed by atoms with E-state index in [0.29, 0.717) is 0 Å². The largest absolute Gasteiger partial charge is 0.502 e. The molecule has 0 aromatic heterocycles. The summed E-state index contributed by atoms with van der Waals surface area (Å²) in [6.45, 7) is 0.149. The molecule has 7 nitrogen and oxygen atoms in total.